The Kier molecular flexibility index (Phi) is 4.71. The van der Waals surface area contributed by atoms with Crippen LogP contribution in [0, 0.1) is 5.82 Å². The van der Waals surface area contributed by atoms with Crippen molar-refractivity contribution >= 4 is 23.2 Å². The number of rotatable bonds is 4. The van der Waals surface area contributed by atoms with Crippen molar-refractivity contribution in [1.82, 2.24) is 10.2 Å². The van der Waals surface area contributed by atoms with E-state index in [1.54, 1.807) is 23.1 Å². The smallest absolute Gasteiger partial charge is 0.264 e. The predicted octanol–water partition coefficient (Wildman–Crippen LogP) is 2.81. The molecule has 1 aliphatic rings. The Labute approximate surface area is 137 Å². The summed E-state index contributed by atoms with van der Waals surface area (Å²) in [5.74, 6) is -0.542. The van der Waals surface area contributed by atoms with Gasteiger partial charge in [-0.1, -0.05) is 18.2 Å². The monoisotopic (exact) mass is 332 g/mol. The van der Waals surface area contributed by atoms with E-state index in [1.807, 2.05) is 11.4 Å². The number of likely N-dealkylation sites (tertiary alicyclic amines) is 1. The molecule has 0 spiro atoms. The fraction of sp³-hybridized carbons (Fsp3) is 0.294. The summed E-state index contributed by atoms with van der Waals surface area (Å²) < 4.78 is 12.9. The Morgan fingerprint density at radius 3 is 2.74 bits per heavy atom. The van der Waals surface area contributed by atoms with Crippen LogP contribution in [-0.2, 0) is 11.3 Å². The highest BCUT2D eigenvalue weighted by Crippen LogP contribution is 2.22. The van der Waals surface area contributed by atoms with E-state index in [1.165, 1.54) is 23.5 Å². The van der Waals surface area contributed by atoms with Crippen molar-refractivity contribution in [3.05, 3.63) is 58.0 Å². The first-order valence-corrected chi connectivity index (χ1v) is 8.40. The summed E-state index contributed by atoms with van der Waals surface area (Å²) in [4.78, 5) is 27.1. The molecule has 1 atom stereocenters. The van der Waals surface area contributed by atoms with Crippen molar-refractivity contribution in [2.45, 2.75) is 25.4 Å². The minimum atomic E-state index is -0.426. The SMILES string of the molecule is O=C(NCc1ccc(F)cc1)[C@@H]1CCCN1C(=O)c1cccs1. The maximum absolute atomic E-state index is 12.9. The van der Waals surface area contributed by atoms with Crippen LogP contribution in [0.2, 0.25) is 0 Å². The number of carbonyl (C=O) groups is 2. The third kappa shape index (κ3) is 3.59. The molecule has 23 heavy (non-hydrogen) atoms. The van der Waals surface area contributed by atoms with Crippen LogP contribution in [0.15, 0.2) is 41.8 Å². The van der Waals surface area contributed by atoms with Gasteiger partial charge in [-0.3, -0.25) is 9.59 Å². The van der Waals surface area contributed by atoms with E-state index in [-0.39, 0.29) is 17.6 Å². The molecule has 0 bridgehead atoms. The lowest BCUT2D eigenvalue weighted by Crippen LogP contribution is -2.45. The van der Waals surface area contributed by atoms with Crippen molar-refractivity contribution in [3.8, 4) is 0 Å². The van der Waals surface area contributed by atoms with Crippen LogP contribution >= 0.6 is 11.3 Å². The minimum Gasteiger partial charge on any atom is -0.350 e. The third-order valence-electron chi connectivity index (χ3n) is 3.93. The Bertz CT molecular complexity index is 685. The predicted molar refractivity (Wildman–Crippen MR) is 86.6 cm³/mol. The van der Waals surface area contributed by atoms with Crippen LogP contribution in [-0.4, -0.2) is 29.3 Å². The number of hydrogen-bond donors (Lipinski definition) is 1. The summed E-state index contributed by atoms with van der Waals surface area (Å²) in [6.07, 6.45) is 1.50. The van der Waals surface area contributed by atoms with Crippen LogP contribution < -0.4 is 5.32 Å². The number of nitrogens with zero attached hydrogens (tertiary/aromatic N) is 1. The van der Waals surface area contributed by atoms with Crippen molar-refractivity contribution in [2.75, 3.05) is 6.54 Å². The molecule has 4 nitrogen and oxygen atoms in total. The van der Waals surface area contributed by atoms with Crippen LogP contribution in [0.4, 0.5) is 4.39 Å². The van der Waals surface area contributed by atoms with Crippen LogP contribution in [0.5, 0.6) is 0 Å². The summed E-state index contributed by atoms with van der Waals surface area (Å²) in [7, 11) is 0. The van der Waals surface area contributed by atoms with Crippen molar-refractivity contribution in [3.63, 3.8) is 0 Å². The van der Waals surface area contributed by atoms with Gasteiger partial charge in [-0.15, -0.1) is 11.3 Å². The van der Waals surface area contributed by atoms with E-state index in [0.29, 0.717) is 24.4 Å². The van der Waals surface area contributed by atoms with Crippen LogP contribution in [0.25, 0.3) is 0 Å². The van der Waals surface area contributed by atoms with E-state index in [2.05, 4.69) is 5.32 Å². The molecule has 0 radical (unpaired) electrons. The summed E-state index contributed by atoms with van der Waals surface area (Å²) in [6.45, 7) is 0.933. The van der Waals surface area contributed by atoms with E-state index in [9.17, 15) is 14.0 Å². The average Bonchev–Trinajstić information content (AvgIpc) is 3.24. The topological polar surface area (TPSA) is 49.4 Å². The molecule has 2 heterocycles. The van der Waals surface area contributed by atoms with Gasteiger partial charge in [0, 0.05) is 13.1 Å². The lowest BCUT2D eigenvalue weighted by Gasteiger charge is -2.23. The molecular weight excluding hydrogens is 315 g/mol. The largest absolute Gasteiger partial charge is 0.350 e. The molecule has 1 fully saturated rings. The molecule has 6 heteroatoms. The standard InChI is InChI=1S/C17H17FN2O2S/c18-13-7-5-12(6-8-13)11-19-16(21)14-3-1-9-20(14)17(22)15-4-2-10-23-15/h2,4-8,10,14H,1,3,9,11H2,(H,19,21)/t14-/m0/s1. The van der Waals surface area contributed by atoms with Crippen LogP contribution in [0.3, 0.4) is 0 Å². The van der Waals surface area contributed by atoms with Gasteiger partial charge in [0.1, 0.15) is 11.9 Å². The van der Waals surface area contributed by atoms with E-state index in [4.69, 9.17) is 0 Å². The van der Waals surface area contributed by atoms with Crippen molar-refractivity contribution < 1.29 is 14.0 Å². The number of halogens is 1. The number of carbonyl (C=O) groups excluding carboxylic acids is 2. The molecule has 0 unspecified atom stereocenters. The summed E-state index contributed by atoms with van der Waals surface area (Å²) in [5.41, 5.74) is 0.828. The second-order valence-electron chi connectivity index (χ2n) is 5.48. The highest BCUT2D eigenvalue weighted by molar-refractivity contribution is 7.12. The molecule has 2 aromatic rings. The van der Waals surface area contributed by atoms with E-state index < -0.39 is 6.04 Å². The van der Waals surface area contributed by atoms with Gasteiger partial charge in [-0.2, -0.15) is 0 Å². The molecule has 1 N–H and O–H groups in total. The highest BCUT2D eigenvalue weighted by atomic mass is 32.1. The fourth-order valence-corrected chi connectivity index (χ4v) is 3.41. The highest BCUT2D eigenvalue weighted by Gasteiger charge is 2.34. The Morgan fingerprint density at radius 1 is 1.26 bits per heavy atom. The van der Waals surface area contributed by atoms with Crippen molar-refractivity contribution in [2.24, 2.45) is 0 Å². The molecular formula is C17H17FN2O2S. The zero-order valence-corrected chi connectivity index (χ0v) is 13.3. The van der Waals surface area contributed by atoms with Gasteiger partial charge in [-0.05, 0) is 42.0 Å². The molecule has 0 saturated carbocycles. The molecule has 120 valence electrons. The zero-order chi connectivity index (χ0) is 16.2. The maximum Gasteiger partial charge on any atom is 0.264 e. The third-order valence-corrected chi connectivity index (χ3v) is 4.79. The normalized spacial score (nSPS) is 17.3. The van der Waals surface area contributed by atoms with Gasteiger partial charge in [0.05, 0.1) is 4.88 Å². The number of thiophene rings is 1. The number of amides is 2. The first kappa shape index (κ1) is 15.7. The zero-order valence-electron chi connectivity index (χ0n) is 12.5. The Hall–Kier alpha value is -2.21. The van der Waals surface area contributed by atoms with Gasteiger partial charge in [0.15, 0.2) is 0 Å². The van der Waals surface area contributed by atoms with Gasteiger partial charge in [0.2, 0.25) is 5.91 Å². The summed E-state index contributed by atoms with van der Waals surface area (Å²) in [6, 6.07) is 9.19. The van der Waals surface area contributed by atoms with Gasteiger partial charge in [-0.25, -0.2) is 4.39 Å². The lowest BCUT2D eigenvalue weighted by atomic mass is 10.2. The minimum absolute atomic E-state index is 0.0839. The summed E-state index contributed by atoms with van der Waals surface area (Å²) >= 11 is 1.38. The molecule has 1 aromatic carbocycles. The number of nitrogens with one attached hydrogen (secondary N) is 1. The van der Waals surface area contributed by atoms with Crippen LogP contribution in [0.1, 0.15) is 28.1 Å². The Balaban J connectivity index is 1.61. The second kappa shape index (κ2) is 6.91. The molecule has 2 amide bonds. The van der Waals surface area contributed by atoms with Gasteiger partial charge >= 0.3 is 0 Å². The van der Waals surface area contributed by atoms with E-state index >= 15 is 0 Å². The molecule has 3 rings (SSSR count). The molecule has 1 aliphatic heterocycles. The van der Waals surface area contributed by atoms with Crippen molar-refractivity contribution in [1.29, 1.82) is 0 Å². The van der Waals surface area contributed by atoms with Gasteiger partial charge < -0.3 is 10.2 Å². The fourth-order valence-electron chi connectivity index (χ4n) is 2.73. The molecule has 1 aromatic heterocycles. The van der Waals surface area contributed by atoms with Gasteiger partial charge in [0.25, 0.3) is 5.91 Å². The average molecular weight is 332 g/mol. The number of benzene rings is 1. The molecule has 1 saturated heterocycles. The number of hydrogen-bond acceptors (Lipinski definition) is 3. The summed E-state index contributed by atoms with van der Waals surface area (Å²) in [5, 5.41) is 4.69. The molecule has 0 aliphatic carbocycles. The Morgan fingerprint density at radius 2 is 2.04 bits per heavy atom. The first-order valence-electron chi connectivity index (χ1n) is 7.52. The quantitative estimate of drug-likeness (QED) is 0.936. The first-order chi connectivity index (χ1) is 11.1. The second-order valence-corrected chi connectivity index (χ2v) is 6.43. The van der Waals surface area contributed by atoms with E-state index in [0.717, 1.165) is 12.0 Å². The lowest BCUT2D eigenvalue weighted by molar-refractivity contribution is -0.125. The maximum atomic E-state index is 12.9.